The molecule has 1 heterocycles. The van der Waals surface area contributed by atoms with Crippen molar-refractivity contribution in [2.24, 2.45) is 5.92 Å². The second-order valence-corrected chi connectivity index (χ2v) is 4.43. The Morgan fingerprint density at radius 1 is 1.53 bits per heavy atom. The zero-order valence-corrected chi connectivity index (χ0v) is 9.11. The van der Waals surface area contributed by atoms with Crippen LogP contribution in [0.3, 0.4) is 0 Å². The van der Waals surface area contributed by atoms with Gasteiger partial charge in [-0.05, 0) is 49.8 Å². The molecule has 15 heavy (non-hydrogen) atoms. The molecule has 1 aromatic rings. The maximum atomic E-state index is 9.40. The highest BCUT2D eigenvalue weighted by Crippen LogP contribution is 2.25. The largest absolute Gasteiger partial charge is 0.393 e. The SMILES string of the molecule is Cc1ccnc(NCC2CCC(O)C2)c1. The average Bonchev–Trinajstić information content (AvgIpc) is 2.62. The van der Waals surface area contributed by atoms with Gasteiger partial charge in [-0.25, -0.2) is 4.98 Å². The highest BCUT2D eigenvalue weighted by molar-refractivity contribution is 5.36. The quantitative estimate of drug-likeness (QED) is 0.794. The minimum absolute atomic E-state index is 0.0812. The van der Waals surface area contributed by atoms with Gasteiger partial charge in [0.25, 0.3) is 0 Å². The lowest BCUT2D eigenvalue weighted by atomic mass is 10.1. The van der Waals surface area contributed by atoms with Crippen LogP contribution in [0, 0.1) is 12.8 Å². The summed E-state index contributed by atoms with van der Waals surface area (Å²) in [7, 11) is 0. The van der Waals surface area contributed by atoms with Gasteiger partial charge in [-0.1, -0.05) is 0 Å². The van der Waals surface area contributed by atoms with Crippen LogP contribution in [0.4, 0.5) is 5.82 Å². The summed E-state index contributed by atoms with van der Waals surface area (Å²) in [6.45, 7) is 2.99. The molecule has 0 amide bonds. The van der Waals surface area contributed by atoms with Gasteiger partial charge in [-0.2, -0.15) is 0 Å². The monoisotopic (exact) mass is 206 g/mol. The van der Waals surface area contributed by atoms with Gasteiger partial charge in [-0.3, -0.25) is 0 Å². The van der Waals surface area contributed by atoms with Gasteiger partial charge in [0, 0.05) is 12.7 Å². The molecular formula is C12H18N2O. The molecule has 82 valence electrons. The minimum Gasteiger partial charge on any atom is -0.393 e. The lowest BCUT2D eigenvalue weighted by Crippen LogP contribution is -2.13. The predicted octanol–water partition coefficient (Wildman–Crippen LogP) is 1.96. The molecule has 3 nitrogen and oxygen atoms in total. The highest BCUT2D eigenvalue weighted by atomic mass is 16.3. The molecule has 3 heteroatoms. The first-order valence-corrected chi connectivity index (χ1v) is 5.58. The van der Waals surface area contributed by atoms with E-state index >= 15 is 0 Å². The van der Waals surface area contributed by atoms with Crippen LogP contribution in [0.2, 0.25) is 0 Å². The molecule has 1 aromatic heterocycles. The van der Waals surface area contributed by atoms with E-state index in [-0.39, 0.29) is 6.10 Å². The molecular weight excluding hydrogens is 188 g/mol. The Kier molecular flexibility index (Phi) is 3.21. The van der Waals surface area contributed by atoms with Crippen LogP contribution in [0.1, 0.15) is 24.8 Å². The number of aliphatic hydroxyl groups is 1. The molecule has 0 aliphatic heterocycles. The van der Waals surface area contributed by atoms with Crippen LogP contribution in [0.15, 0.2) is 18.3 Å². The molecule has 1 aliphatic rings. The van der Waals surface area contributed by atoms with Crippen molar-refractivity contribution in [3.05, 3.63) is 23.9 Å². The van der Waals surface area contributed by atoms with E-state index in [1.54, 1.807) is 0 Å². The van der Waals surface area contributed by atoms with Crippen molar-refractivity contribution in [2.75, 3.05) is 11.9 Å². The van der Waals surface area contributed by atoms with E-state index in [2.05, 4.69) is 17.2 Å². The van der Waals surface area contributed by atoms with E-state index in [0.717, 1.165) is 31.6 Å². The third-order valence-electron chi connectivity index (χ3n) is 3.00. The van der Waals surface area contributed by atoms with E-state index in [9.17, 15) is 5.11 Å². The van der Waals surface area contributed by atoms with Gasteiger partial charge in [-0.15, -0.1) is 0 Å². The summed E-state index contributed by atoms with van der Waals surface area (Å²) < 4.78 is 0. The lowest BCUT2D eigenvalue weighted by Gasteiger charge is -2.11. The highest BCUT2D eigenvalue weighted by Gasteiger charge is 2.22. The predicted molar refractivity (Wildman–Crippen MR) is 60.8 cm³/mol. The van der Waals surface area contributed by atoms with E-state index < -0.39 is 0 Å². The molecule has 2 rings (SSSR count). The fourth-order valence-electron chi connectivity index (χ4n) is 2.12. The topological polar surface area (TPSA) is 45.2 Å². The van der Waals surface area contributed by atoms with Gasteiger partial charge < -0.3 is 10.4 Å². The molecule has 2 N–H and O–H groups in total. The molecule has 0 spiro atoms. The third-order valence-corrected chi connectivity index (χ3v) is 3.00. The molecule has 2 unspecified atom stereocenters. The fraction of sp³-hybridized carbons (Fsp3) is 0.583. The van der Waals surface area contributed by atoms with Crippen LogP contribution in [-0.4, -0.2) is 22.7 Å². The van der Waals surface area contributed by atoms with Gasteiger partial charge in [0.1, 0.15) is 5.82 Å². The van der Waals surface area contributed by atoms with Crippen LogP contribution < -0.4 is 5.32 Å². The van der Waals surface area contributed by atoms with Crippen molar-refractivity contribution in [2.45, 2.75) is 32.3 Å². The second-order valence-electron chi connectivity index (χ2n) is 4.43. The van der Waals surface area contributed by atoms with Crippen LogP contribution in [0.5, 0.6) is 0 Å². The van der Waals surface area contributed by atoms with E-state index in [4.69, 9.17) is 0 Å². The lowest BCUT2D eigenvalue weighted by molar-refractivity contribution is 0.178. The summed E-state index contributed by atoms with van der Waals surface area (Å²) in [5.74, 6) is 1.54. The minimum atomic E-state index is -0.0812. The Hall–Kier alpha value is -1.09. The summed E-state index contributed by atoms with van der Waals surface area (Å²) in [5.41, 5.74) is 1.22. The Bertz CT molecular complexity index is 327. The number of aromatic nitrogens is 1. The Morgan fingerprint density at radius 2 is 2.40 bits per heavy atom. The fourth-order valence-corrected chi connectivity index (χ4v) is 2.12. The first kappa shape index (κ1) is 10.4. The van der Waals surface area contributed by atoms with Gasteiger partial charge in [0.2, 0.25) is 0 Å². The van der Waals surface area contributed by atoms with Gasteiger partial charge in [0.15, 0.2) is 0 Å². The zero-order valence-electron chi connectivity index (χ0n) is 9.11. The first-order valence-electron chi connectivity index (χ1n) is 5.58. The molecule has 2 atom stereocenters. The molecule has 0 bridgehead atoms. The Balaban J connectivity index is 1.83. The summed E-state index contributed by atoms with van der Waals surface area (Å²) >= 11 is 0. The Morgan fingerprint density at radius 3 is 3.07 bits per heavy atom. The van der Waals surface area contributed by atoms with Crippen molar-refractivity contribution < 1.29 is 5.11 Å². The van der Waals surface area contributed by atoms with E-state index in [1.165, 1.54) is 5.56 Å². The number of rotatable bonds is 3. The number of hydrogen-bond acceptors (Lipinski definition) is 3. The summed E-state index contributed by atoms with van der Waals surface area (Å²) in [4.78, 5) is 4.25. The second kappa shape index (κ2) is 4.62. The average molecular weight is 206 g/mol. The third kappa shape index (κ3) is 2.93. The summed E-state index contributed by atoms with van der Waals surface area (Å²) in [6.07, 6.45) is 4.75. The molecule has 0 radical (unpaired) electrons. The standard InChI is InChI=1S/C12H18N2O/c1-9-4-5-13-12(6-9)14-8-10-2-3-11(15)7-10/h4-6,10-11,15H,2-3,7-8H2,1H3,(H,13,14). The van der Waals surface area contributed by atoms with Gasteiger partial charge in [0.05, 0.1) is 6.10 Å². The number of aliphatic hydroxyl groups excluding tert-OH is 1. The summed E-state index contributed by atoms with van der Waals surface area (Å²) in [6, 6.07) is 4.04. The van der Waals surface area contributed by atoms with Crippen molar-refractivity contribution in [3.8, 4) is 0 Å². The van der Waals surface area contributed by atoms with Crippen molar-refractivity contribution in [3.63, 3.8) is 0 Å². The van der Waals surface area contributed by atoms with E-state index in [0.29, 0.717) is 5.92 Å². The molecule has 1 aliphatic carbocycles. The number of anilines is 1. The van der Waals surface area contributed by atoms with Crippen molar-refractivity contribution in [1.29, 1.82) is 0 Å². The number of aryl methyl sites for hydroxylation is 1. The number of hydrogen-bond donors (Lipinski definition) is 2. The summed E-state index contributed by atoms with van der Waals surface area (Å²) in [5, 5.41) is 12.7. The van der Waals surface area contributed by atoms with Crippen LogP contribution in [-0.2, 0) is 0 Å². The maximum Gasteiger partial charge on any atom is 0.126 e. The maximum absolute atomic E-state index is 9.40. The number of nitrogens with zero attached hydrogens (tertiary/aromatic N) is 1. The van der Waals surface area contributed by atoms with Crippen LogP contribution in [0.25, 0.3) is 0 Å². The zero-order chi connectivity index (χ0) is 10.7. The van der Waals surface area contributed by atoms with Crippen molar-refractivity contribution in [1.82, 2.24) is 4.98 Å². The van der Waals surface area contributed by atoms with Crippen molar-refractivity contribution >= 4 is 5.82 Å². The molecule has 0 aromatic carbocycles. The van der Waals surface area contributed by atoms with Crippen LogP contribution >= 0.6 is 0 Å². The van der Waals surface area contributed by atoms with E-state index in [1.807, 2.05) is 18.3 Å². The Labute approximate surface area is 90.5 Å². The molecule has 1 saturated carbocycles. The smallest absolute Gasteiger partial charge is 0.126 e. The normalized spacial score (nSPS) is 25.5. The number of nitrogens with one attached hydrogen (secondary N) is 1. The van der Waals surface area contributed by atoms with Gasteiger partial charge >= 0.3 is 0 Å². The number of pyridine rings is 1. The molecule has 1 fully saturated rings. The molecule has 0 saturated heterocycles. The first-order chi connectivity index (χ1) is 7.24.